The summed E-state index contributed by atoms with van der Waals surface area (Å²) in [6, 6.07) is 26.7. The van der Waals surface area contributed by atoms with Gasteiger partial charge in [0.05, 0.1) is 4.47 Å². The van der Waals surface area contributed by atoms with Crippen molar-refractivity contribution in [2.75, 3.05) is 0 Å². The highest BCUT2D eigenvalue weighted by Crippen LogP contribution is 2.31. The van der Waals surface area contributed by atoms with Crippen molar-refractivity contribution in [1.82, 2.24) is 0 Å². The fourth-order valence-electron chi connectivity index (χ4n) is 2.16. The van der Waals surface area contributed by atoms with Crippen LogP contribution in [0.25, 0.3) is 11.1 Å². The molecule has 2 heteroatoms. The fraction of sp³-hybridized carbons (Fsp3) is 0.0526. The highest BCUT2D eigenvalue weighted by molar-refractivity contribution is 9.10. The second-order valence-corrected chi connectivity index (χ2v) is 5.64. The van der Waals surface area contributed by atoms with Gasteiger partial charge in [-0.3, -0.25) is 0 Å². The maximum atomic E-state index is 5.87. The molecule has 0 saturated carbocycles. The van der Waals surface area contributed by atoms with Crippen molar-refractivity contribution in [2.24, 2.45) is 0 Å². The Labute approximate surface area is 133 Å². The van der Waals surface area contributed by atoms with Gasteiger partial charge in [0.25, 0.3) is 0 Å². The Morgan fingerprint density at radius 2 is 1.38 bits per heavy atom. The summed E-state index contributed by atoms with van der Waals surface area (Å²) < 4.78 is 6.84. The minimum absolute atomic E-state index is 0.574. The van der Waals surface area contributed by atoms with Crippen LogP contribution in [0.4, 0.5) is 0 Å². The van der Waals surface area contributed by atoms with Gasteiger partial charge in [-0.2, -0.15) is 0 Å². The first-order valence-electron chi connectivity index (χ1n) is 6.84. The Kier molecular flexibility index (Phi) is 4.37. The zero-order valence-electron chi connectivity index (χ0n) is 11.5. The van der Waals surface area contributed by atoms with Crippen LogP contribution in [0.5, 0.6) is 5.75 Å². The first kappa shape index (κ1) is 13.9. The summed E-state index contributed by atoms with van der Waals surface area (Å²) >= 11 is 3.59. The minimum Gasteiger partial charge on any atom is -0.488 e. The summed E-state index contributed by atoms with van der Waals surface area (Å²) in [5.41, 5.74) is 3.54. The largest absolute Gasteiger partial charge is 0.488 e. The van der Waals surface area contributed by atoms with Gasteiger partial charge < -0.3 is 4.74 Å². The average Bonchev–Trinajstić information content (AvgIpc) is 2.55. The molecule has 0 aliphatic carbocycles. The molecular formula is C19H15BrO. The lowest BCUT2D eigenvalue weighted by molar-refractivity contribution is 0.304. The van der Waals surface area contributed by atoms with Crippen LogP contribution in [0.15, 0.2) is 83.3 Å². The Bertz CT molecular complexity index is 708. The second kappa shape index (κ2) is 6.59. The van der Waals surface area contributed by atoms with Gasteiger partial charge >= 0.3 is 0 Å². The van der Waals surface area contributed by atoms with Crippen LogP contribution in [0.2, 0.25) is 0 Å². The van der Waals surface area contributed by atoms with Crippen molar-refractivity contribution < 1.29 is 4.74 Å². The summed E-state index contributed by atoms with van der Waals surface area (Å²) in [6.07, 6.45) is 0. The number of hydrogen-bond acceptors (Lipinski definition) is 1. The van der Waals surface area contributed by atoms with Crippen LogP contribution < -0.4 is 4.74 Å². The molecule has 1 nitrogen and oxygen atoms in total. The van der Waals surface area contributed by atoms with E-state index >= 15 is 0 Å². The monoisotopic (exact) mass is 338 g/mol. The third-order valence-electron chi connectivity index (χ3n) is 3.28. The molecule has 0 aliphatic rings. The van der Waals surface area contributed by atoms with Crippen LogP contribution >= 0.6 is 15.9 Å². The number of halogens is 1. The zero-order valence-corrected chi connectivity index (χ0v) is 13.1. The van der Waals surface area contributed by atoms with Crippen LogP contribution in [-0.2, 0) is 6.61 Å². The Balaban J connectivity index is 1.76. The molecule has 0 amide bonds. The Hall–Kier alpha value is -2.06. The summed E-state index contributed by atoms with van der Waals surface area (Å²) in [4.78, 5) is 0. The maximum Gasteiger partial charge on any atom is 0.134 e. The van der Waals surface area contributed by atoms with E-state index in [0.717, 1.165) is 15.8 Å². The molecule has 3 rings (SSSR count). The molecule has 0 aromatic heterocycles. The van der Waals surface area contributed by atoms with Crippen molar-refractivity contribution in [3.63, 3.8) is 0 Å². The first-order chi connectivity index (χ1) is 10.3. The fourth-order valence-corrected chi connectivity index (χ4v) is 2.66. The predicted octanol–water partition coefficient (Wildman–Crippen LogP) is 5.70. The van der Waals surface area contributed by atoms with E-state index in [1.165, 1.54) is 11.1 Å². The first-order valence-corrected chi connectivity index (χ1v) is 7.64. The quantitative estimate of drug-likeness (QED) is 0.593. The number of rotatable bonds is 4. The lowest BCUT2D eigenvalue weighted by Crippen LogP contribution is -1.95. The molecular weight excluding hydrogens is 324 g/mol. The van der Waals surface area contributed by atoms with E-state index in [4.69, 9.17) is 4.74 Å². The zero-order chi connectivity index (χ0) is 14.5. The smallest absolute Gasteiger partial charge is 0.134 e. The molecule has 21 heavy (non-hydrogen) atoms. The van der Waals surface area contributed by atoms with Crippen molar-refractivity contribution in [3.05, 3.63) is 88.9 Å². The van der Waals surface area contributed by atoms with E-state index in [1.807, 2.05) is 42.5 Å². The highest BCUT2D eigenvalue weighted by atomic mass is 79.9. The van der Waals surface area contributed by atoms with Crippen molar-refractivity contribution in [2.45, 2.75) is 6.61 Å². The summed E-state index contributed by atoms with van der Waals surface area (Å²) in [7, 11) is 0. The molecule has 104 valence electrons. The molecule has 0 saturated heterocycles. The lowest BCUT2D eigenvalue weighted by Gasteiger charge is -2.10. The average molecular weight is 339 g/mol. The van der Waals surface area contributed by atoms with Gasteiger partial charge in [0, 0.05) is 0 Å². The predicted molar refractivity (Wildman–Crippen MR) is 90.4 cm³/mol. The van der Waals surface area contributed by atoms with E-state index in [-0.39, 0.29) is 0 Å². The van der Waals surface area contributed by atoms with E-state index in [0.29, 0.717) is 6.61 Å². The van der Waals surface area contributed by atoms with Gasteiger partial charge in [-0.05, 0) is 44.8 Å². The molecule has 3 aromatic carbocycles. The lowest BCUT2D eigenvalue weighted by atomic mass is 10.1. The number of benzene rings is 3. The summed E-state index contributed by atoms with van der Waals surface area (Å²) in [5, 5.41) is 0. The highest BCUT2D eigenvalue weighted by Gasteiger charge is 2.04. The van der Waals surface area contributed by atoms with Gasteiger partial charge in [-0.1, -0.05) is 66.7 Å². The van der Waals surface area contributed by atoms with Crippen LogP contribution in [-0.4, -0.2) is 0 Å². The molecule has 3 aromatic rings. The third-order valence-corrected chi connectivity index (χ3v) is 3.90. The van der Waals surface area contributed by atoms with Gasteiger partial charge in [-0.25, -0.2) is 0 Å². The molecule has 0 spiro atoms. The van der Waals surface area contributed by atoms with Gasteiger partial charge in [0.15, 0.2) is 0 Å². The summed E-state index contributed by atoms with van der Waals surface area (Å²) in [6.45, 7) is 0.574. The third kappa shape index (κ3) is 3.53. The minimum atomic E-state index is 0.574. The second-order valence-electron chi connectivity index (χ2n) is 4.79. The molecule has 0 atom stereocenters. The van der Waals surface area contributed by atoms with E-state index < -0.39 is 0 Å². The normalized spacial score (nSPS) is 10.3. The van der Waals surface area contributed by atoms with Crippen molar-refractivity contribution in [3.8, 4) is 16.9 Å². The molecule has 0 unspecified atom stereocenters. The van der Waals surface area contributed by atoms with E-state index in [9.17, 15) is 0 Å². The van der Waals surface area contributed by atoms with Crippen LogP contribution in [0.1, 0.15) is 5.56 Å². The van der Waals surface area contributed by atoms with E-state index in [2.05, 4.69) is 52.3 Å². The summed E-state index contributed by atoms with van der Waals surface area (Å²) in [5.74, 6) is 0.860. The van der Waals surface area contributed by atoms with Gasteiger partial charge in [0.1, 0.15) is 12.4 Å². The van der Waals surface area contributed by atoms with Crippen LogP contribution in [0, 0.1) is 0 Å². The molecule has 0 N–H and O–H groups in total. The Morgan fingerprint density at radius 3 is 2.05 bits per heavy atom. The topological polar surface area (TPSA) is 9.23 Å². The number of ether oxygens (including phenoxy) is 1. The molecule has 0 heterocycles. The maximum absolute atomic E-state index is 5.87. The molecule has 0 aliphatic heterocycles. The molecule has 0 fully saturated rings. The molecule has 0 bridgehead atoms. The SMILES string of the molecule is Brc1cc(-c2ccccc2)ccc1OCc1ccccc1. The van der Waals surface area contributed by atoms with Gasteiger partial charge in [-0.15, -0.1) is 0 Å². The van der Waals surface area contributed by atoms with Gasteiger partial charge in [0.2, 0.25) is 0 Å². The Morgan fingerprint density at radius 1 is 0.714 bits per heavy atom. The van der Waals surface area contributed by atoms with Crippen molar-refractivity contribution >= 4 is 15.9 Å². The van der Waals surface area contributed by atoms with E-state index in [1.54, 1.807) is 0 Å². The standard InChI is InChI=1S/C19H15BrO/c20-18-13-17(16-9-5-2-6-10-16)11-12-19(18)21-14-15-7-3-1-4-8-15/h1-13H,14H2. The van der Waals surface area contributed by atoms with Crippen molar-refractivity contribution in [1.29, 1.82) is 0 Å². The number of hydrogen-bond donors (Lipinski definition) is 0. The van der Waals surface area contributed by atoms with Crippen LogP contribution in [0.3, 0.4) is 0 Å². The molecule has 0 radical (unpaired) electrons.